The standard InChI is InChI=1S/C16H20ClN3/c1-10(2)9-14-12-7-8-18-16(12)20(19-14)15-6-4-5-13(17)11(15)3/h4-6,10,18H,7-9H2,1-3H3. The predicted octanol–water partition coefficient (Wildman–Crippen LogP) is 4.00. The third kappa shape index (κ3) is 2.20. The summed E-state index contributed by atoms with van der Waals surface area (Å²) in [5, 5.41) is 9.09. The fourth-order valence-electron chi connectivity index (χ4n) is 2.80. The molecule has 0 bridgehead atoms. The first-order valence-electron chi connectivity index (χ1n) is 7.18. The van der Waals surface area contributed by atoms with E-state index in [-0.39, 0.29) is 0 Å². The lowest BCUT2D eigenvalue weighted by molar-refractivity contribution is 0.624. The third-order valence-corrected chi connectivity index (χ3v) is 4.21. The molecule has 1 aromatic heterocycles. The van der Waals surface area contributed by atoms with Gasteiger partial charge in [0.2, 0.25) is 0 Å². The van der Waals surface area contributed by atoms with Crippen LogP contribution in [-0.4, -0.2) is 16.3 Å². The van der Waals surface area contributed by atoms with Gasteiger partial charge in [-0.1, -0.05) is 31.5 Å². The summed E-state index contributed by atoms with van der Waals surface area (Å²) in [5.74, 6) is 1.76. The van der Waals surface area contributed by atoms with Gasteiger partial charge in [-0.3, -0.25) is 0 Å². The molecule has 0 saturated carbocycles. The molecule has 0 radical (unpaired) electrons. The lowest BCUT2D eigenvalue weighted by atomic mass is 10.0. The number of rotatable bonds is 3. The molecule has 0 amide bonds. The van der Waals surface area contributed by atoms with Gasteiger partial charge in [-0.05, 0) is 43.4 Å². The summed E-state index contributed by atoms with van der Waals surface area (Å²) >= 11 is 6.24. The Kier molecular flexibility index (Phi) is 3.47. The third-order valence-electron chi connectivity index (χ3n) is 3.80. The first-order chi connectivity index (χ1) is 9.58. The minimum atomic E-state index is 0.614. The summed E-state index contributed by atoms with van der Waals surface area (Å²) in [6, 6.07) is 5.98. The monoisotopic (exact) mass is 289 g/mol. The normalized spacial score (nSPS) is 13.7. The van der Waals surface area contributed by atoms with Crippen LogP contribution in [-0.2, 0) is 12.8 Å². The lowest BCUT2D eigenvalue weighted by Crippen LogP contribution is -2.07. The van der Waals surface area contributed by atoms with E-state index in [0.29, 0.717) is 5.92 Å². The van der Waals surface area contributed by atoms with Crippen LogP contribution in [0.5, 0.6) is 0 Å². The molecule has 0 saturated heterocycles. The SMILES string of the molecule is Cc1c(Cl)cccc1-n1nc(CC(C)C)c2c1NCC2. The van der Waals surface area contributed by atoms with E-state index in [0.717, 1.165) is 41.5 Å². The van der Waals surface area contributed by atoms with E-state index in [2.05, 4.69) is 25.2 Å². The average Bonchev–Trinajstić information content (AvgIpc) is 2.96. The van der Waals surface area contributed by atoms with E-state index in [4.69, 9.17) is 16.7 Å². The van der Waals surface area contributed by atoms with Gasteiger partial charge in [0.05, 0.1) is 11.4 Å². The van der Waals surface area contributed by atoms with Crippen molar-refractivity contribution in [3.05, 3.63) is 40.0 Å². The molecule has 1 N–H and O–H groups in total. The van der Waals surface area contributed by atoms with Crippen LogP contribution < -0.4 is 5.32 Å². The van der Waals surface area contributed by atoms with Crippen molar-refractivity contribution < 1.29 is 0 Å². The van der Waals surface area contributed by atoms with E-state index in [1.54, 1.807) is 0 Å². The minimum absolute atomic E-state index is 0.614. The van der Waals surface area contributed by atoms with Crippen molar-refractivity contribution in [2.45, 2.75) is 33.6 Å². The second kappa shape index (κ2) is 5.13. The van der Waals surface area contributed by atoms with Crippen LogP contribution >= 0.6 is 11.6 Å². The van der Waals surface area contributed by atoms with E-state index in [1.165, 1.54) is 11.3 Å². The van der Waals surface area contributed by atoms with Crippen molar-refractivity contribution in [3.63, 3.8) is 0 Å². The molecule has 0 atom stereocenters. The molecule has 3 rings (SSSR count). The van der Waals surface area contributed by atoms with Crippen molar-refractivity contribution in [3.8, 4) is 5.69 Å². The van der Waals surface area contributed by atoms with Crippen LogP contribution in [0.3, 0.4) is 0 Å². The lowest BCUT2D eigenvalue weighted by Gasteiger charge is -2.10. The average molecular weight is 290 g/mol. The Hall–Kier alpha value is -1.48. The molecule has 106 valence electrons. The molecule has 0 spiro atoms. The van der Waals surface area contributed by atoms with Gasteiger partial charge in [-0.15, -0.1) is 0 Å². The van der Waals surface area contributed by atoms with Gasteiger partial charge in [-0.25, -0.2) is 4.68 Å². The second-order valence-corrected chi connectivity index (χ2v) is 6.25. The van der Waals surface area contributed by atoms with Crippen LogP contribution in [0.15, 0.2) is 18.2 Å². The zero-order valence-corrected chi connectivity index (χ0v) is 13.0. The number of aromatic nitrogens is 2. The Morgan fingerprint density at radius 1 is 1.40 bits per heavy atom. The Balaban J connectivity index is 2.13. The molecule has 0 fully saturated rings. The van der Waals surface area contributed by atoms with E-state index in [1.807, 2.05) is 23.7 Å². The molecule has 1 aliphatic heterocycles. The number of fused-ring (bicyclic) bond motifs is 1. The van der Waals surface area contributed by atoms with Crippen LogP contribution in [0, 0.1) is 12.8 Å². The predicted molar refractivity (Wildman–Crippen MR) is 84.0 cm³/mol. The van der Waals surface area contributed by atoms with Crippen LogP contribution in [0.4, 0.5) is 5.82 Å². The van der Waals surface area contributed by atoms with Gasteiger partial charge in [-0.2, -0.15) is 5.10 Å². The fourth-order valence-corrected chi connectivity index (χ4v) is 2.97. The molecule has 20 heavy (non-hydrogen) atoms. The number of nitrogens with one attached hydrogen (secondary N) is 1. The van der Waals surface area contributed by atoms with Gasteiger partial charge in [0.25, 0.3) is 0 Å². The molecular formula is C16H20ClN3. The minimum Gasteiger partial charge on any atom is -0.369 e. The van der Waals surface area contributed by atoms with E-state index >= 15 is 0 Å². The number of anilines is 1. The fraction of sp³-hybridized carbons (Fsp3) is 0.438. The summed E-state index contributed by atoms with van der Waals surface area (Å²) in [6.45, 7) is 7.51. The first kappa shape index (κ1) is 13.5. The van der Waals surface area contributed by atoms with Crippen LogP contribution in [0.25, 0.3) is 5.69 Å². The summed E-state index contributed by atoms with van der Waals surface area (Å²) in [7, 11) is 0. The molecule has 0 aliphatic carbocycles. The molecule has 1 aromatic carbocycles. The maximum absolute atomic E-state index is 6.24. The quantitative estimate of drug-likeness (QED) is 0.925. The molecule has 3 nitrogen and oxygen atoms in total. The summed E-state index contributed by atoms with van der Waals surface area (Å²) < 4.78 is 2.03. The number of benzene rings is 1. The molecular weight excluding hydrogens is 270 g/mol. The van der Waals surface area contributed by atoms with Gasteiger partial charge in [0.15, 0.2) is 0 Å². The second-order valence-electron chi connectivity index (χ2n) is 5.84. The highest BCUT2D eigenvalue weighted by atomic mass is 35.5. The highest BCUT2D eigenvalue weighted by Crippen LogP contribution is 2.32. The zero-order chi connectivity index (χ0) is 14.3. The number of hydrogen-bond acceptors (Lipinski definition) is 2. The van der Waals surface area contributed by atoms with Crippen molar-refractivity contribution in [2.24, 2.45) is 5.92 Å². The van der Waals surface area contributed by atoms with Crippen LogP contribution in [0.1, 0.15) is 30.7 Å². The van der Waals surface area contributed by atoms with Gasteiger partial charge < -0.3 is 5.32 Å². The van der Waals surface area contributed by atoms with Crippen molar-refractivity contribution in [2.75, 3.05) is 11.9 Å². The van der Waals surface area contributed by atoms with E-state index in [9.17, 15) is 0 Å². The van der Waals surface area contributed by atoms with Crippen molar-refractivity contribution >= 4 is 17.4 Å². The maximum Gasteiger partial charge on any atom is 0.133 e. The molecule has 1 aliphatic rings. The summed E-state index contributed by atoms with van der Waals surface area (Å²) in [5.41, 5.74) is 4.74. The highest BCUT2D eigenvalue weighted by Gasteiger charge is 2.24. The number of halogens is 1. The number of nitrogens with zero attached hydrogens (tertiary/aromatic N) is 2. The summed E-state index contributed by atoms with van der Waals surface area (Å²) in [6.07, 6.45) is 2.09. The molecule has 2 heterocycles. The number of hydrogen-bond donors (Lipinski definition) is 1. The van der Waals surface area contributed by atoms with Gasteiger partial charge >= 0.3 is 0 Å². The topological polar surface area (TPSA) is 29.9 Å². The Labute approximate surface area is 124 Å². The summed E-state index contributed by atoms with van der Waals surface area (Å²) in [4.78, 5) is 0. The van der Waals surface area contributed by atoms with Crippen LogP contribution in [0.2, 0.25) is 5.02 Å². The zero-order valence-electron chi connectivity index (χ0n) is 12.2. The Morgan fingerprint density at radius 2 is 2.20 bits per heavy atom. The van der Waals surface area contributed by atoms with E-state index < -0.39 is 0 Å². The molecule has 4 heteroatoms. The largest absolute Gasteiger partial charge is 0.369 e. The smallest absolute Gasteiger partial charge is 0.133 e. The highest BCUT2D eigenvalue weighted by molar-refractivity contribution is 6.31. The van der Waals surface area contributed by atoms with Gasteiger partial charge in [0, 0.05) is 17.1 Å². The molecule has 2 aromatic rings. The van der Waals surface area contributed by atoms with Crippen molar-refractivity contribution in [1.82, 2.24) is 9.78 Å². The van der Waals surface area contributed by atoms with Crippen molar-refractivity contribution in [1.29, 1.82) is 0 Å². The first-order valence-corrected chi connectivity index (χ1v) is 7.56. The Morgan fingerprint density at radius 3 is 2.95 bits per heavy atom. The molecule has 0 unspecified atom stereocenters. The Bertz CT molecular complexity index is 643. The maximum atomic E-state index is 6.24. The van der Waals surface area contributed by atoms with Gasteiger partial charge in [0.1, 0.15) is 5.82 Å².